The van der Waals surface area contributed by atoms with Crippen molar-refractivity contribution in [2.45, 2.75) is 11.6 Å². The predicted octanol–water partition coefficient (Wildman–Crippen LogP) is 3.78. The topological polar surface area (TPSA) is 57.0 Å². The minimum absolute atomic E-state index is 0.174. The summed E-state index contributed by atoms with van der Waals surface area (Å²) < 4.78 is 6.64. The van der Waals surface area contributed by atoms with E-state index >= 15 is 0 Å². The number of halogens is 1. The van der Waals surface area contributed by atoms with Crippen LogP contribution in [0.4, 0.5) is 0 Å². The average Bonchev–Trinajstić information content (AvgIpc) is 3.03. The summed E-state index contributed by atoms with van der Waals surface area (Å²) in [4.78, 5) is 11.5. The van der Waals surface area contributed by atoms with Gasteiger partial charge in [-0.2, -0.15) is 0 Å². The van der Waals surface area contributed by atoms with Crippen LogP contribution < -0.4 is 0 Å². The SMILES string of the molecule is COC(=O)CSc1nnc(Cc2ccccc2)n1-c1ccc(Cl)cc1. The molecule has 0 aliphatic heterocycles. The maximum Gasteiger partial charge on any atom is 0.316 e. The van der Waals surface area contributed by atoms with Crippen molar-refractivity contribution in [3.63, 3.8) is 0 Å². The Hall–Kier alpha value is -2.31. The molecule has 2 aromatic carbocycles. The zero-order chi connectivity index (χ0) is 17.6. The van der Waals surface area contributed by atoms with Crippen molar-refractivity contribution in [2.24, 2.45) is 0 Å². The van der Waals surface area contributed by atoms with Crippen molar-refractivity contribution in [1.82, 2.24) is 14.8 Å². The summed E-state index contributed by atoms with van der Waals surface area (Å²) in [6, 6.07) is 17.5. The number of methoxy groups -OCH3 is 1. The lowest BCUT2D eigenvalue weighted by Gasteiger charge is -2.10. The Bertz CT molecular complexity index is 851. The first-order valence-electron chi connectivity index (χ1n) is 7.61. The fraction of sp³-hybridized carbons (Fsp3) is 0.167. The van der Waals surface area contributed by atoms with Gasteiger partial charge in [0.15, 0.2) is 5.16 Å². The van der Waals surface area contributed by atoms with E-state index in [2.05, 4.69) is 10.2 Å². The normalized spacial score (nSPS) is 10.6. The van der Waals surface area contributed by atoms with Crippen molar-refractivity contribution in [3.8, 4) is 5.69 Å². The molecule has 0 amide bonds. The Kier molecular flexibility index (Phi) is 5.73. The number of thioether (sulfide) groups is 1. The molecule has 3 rings (SSSR count). The number of esters is 1. The van der Waals surface area contributed by atoms with E-state index in [1.807, 2.05) is 59.2 Å². The van der Waals surface area contributed by atoms with Gasteiger partial charge in [0.2, 0.25) is 0 Å². The lowest BCUT2D eigenvalue weighted by atomic mass is 10.1. The van der Waals surface area contributed by atoms with Crippen LogP contribution in [0.15, 0.2) is 59.8 Å². The summed E-state index contributed by atoms with van der Waals surface area (Å²) in [5, 5.41) is 9.87. The fourth-order valence-electron chi connectivity index (χ4n) is 2.32. The van der Waals surface area contributed by atoms with Gasteiger partial charge < -0.3 is 4.74 Å². The van der Waals surface area contributed by atoms with Crippen molar-refractivity contribution in [2.75, 3.05) is 12.9 Å². The number of aromatic nitrogens is 3. The summed E-state index contributed by atoms with van der Waals surface area (Å²) in [7, 11) is 1.37. The van der Waals surface area contributed by atoms with Crippen molar-refractivity contribution >= 4 is 29.3 Å². The molecule has 0 aliphatic carbocycles. The van der Waals surface area contributed by atoms with E-state index in [9.17, 15) is 4.79 Å². The lowest BCUT2D eigenvalue weighted by Crippen LogP contribution is -2.07. The number of rotatable bonds is 6. The predicted molar refractivity (Wildman–Crippen MR) is 98.4 cm³/mol. The Balaban J connectivity index is 1.95. The van der Waals surface area contributed by atoms with Crippen LogP contribution in [0.1, 0.15) is 11.4 Å². The Morgan fingerprint density at radius 1 is 1.12 bits per heavy atom. The molecule has 0 unspecified atom stereocenters. The largest absolute Gasteiger partial charge is 0.468 e. The smallest absolute Gasteiger partial charge is 0.316 e. The highest BCUT2D eigenvalue weighted by molar-refractivity contribution is 7.99. The molecular formula is C18H16ClN3O2S. The van der Waals surface area contributed by atoms with Gasteiger partial charge in [-0.3, -0.25) is 9.36 Å². The summed E-state index contributed by atoms with van der Waals surface area (Å²) in [6.45, 7) is 0. The molecule has 0 saturated carbocycles. The Labute approximate surface area is 155 Å². The molecule has 1 heterocycles. The molecule has 1 aromatic heterocycles. The summed E-state index contributed by atoms with van der Waals surface area (Å²) in [5.41, 5.74) is 2.03. The van der Waals surface area contributed by atoms with E-state index in [1.165, 1.54) is 18.9 Å². The molecule has 0 bridgehead atoms. The molecule has 25 heavy (non-hydrogen) atoms. The monoisotopic (exact) mass is 373 g/mol. The number of ether oxygens (including phenoxy) is 1. The van der Waals surface area contributed by atoms with E-state index in [0.29, 0.717) is 16.6 Å². The standard InChI is InChI=1S/C18H16ClN3O2S/c1-24-17(23)12-25-18-21-20-16(11-13-5-3-2-4-6-13)22(18)15-9-7-14(19)8-10-15/h2-10H,11-12H2,1H3. The first kappa shape index (κ1) is 17.5. The van der Waals surface area contributed by atoms with Crippen LogP contribution in [0.2, 0.25) is 5.02 Å². The van der Waals surface area contributed by atoms with Crippen LogP contribution in [-0.2, 0) is 16.0 Å². The van der Waals surface area contributed by atoms with Gasteiger partial charge in [0, 0.05) is 17.1 Å². The first-order valence-corrected chi connectivity index (χ1v) is 8.97. The number of hydrogen-bond donors (Lipinski definition) is 0. The molecular weight excluding hydrogens is 358 g/mol. The van der Waals surface area contributed by atoms with Crippen LogP contribution in [0.5, 0.6) is 0 Å². The van der Waals surface area contributed by atoms with Gasteiger partial charge in [-0.25, -0.2) is 0 Å². The minimum atomic E-state index is -0.305. The second-order valence-electron chi connectivity index (χ2n) is 5.24. The van der Waals surface area contributed by atoms with Crippen LogP contribution in [0, 0.1) is 0 Å². The lowest BCUT2D eigenvalue weighted by molar-refractivity contribution is -0.137. The zero-order valence-corrected chi connectivity index (χ0v) is 15.1. The number of carbonyl (C=O) groups is 1. The molecule has 0 aliphatic rings. The molecule has 0 atom stereocenters. The number of hydrogen-bond acceptors (Lipinski definition) is 5. The van der Waals surface area contributed by atoms with Gasteiger partial charge in [0.05, 0.1) is 12.9 Å². The molecule has 7 heteroatoms. The highest BCUT2D eigenvalue weighted by Crippen LogP contribution is 2.24. The van der Waals surface area contributed by atoms with E-state index < -0.39 is 0 Å². The van der Waals surface area contributed by atoms with Crippen molar-refractivity contribution < 1.29 is 9.53 Å². The van der Waals surface area contributed by atoms with Gasteiger partial charge in [0.1, 0.15) is 5.82 Å². The Morgan fingerprint density at radius 2 is 1.84 bits per heavy atom. The third kappa shape index (κ3) is 4.41. The highest BCUT2D eigenvalue weighted by Gasteiger charge is 2.16. The van der Waals surface area contributed by atoms with Crippen LogP contribution in [-0.4, -0.2) is 33.6 Å². The number of nitrogens with zero attached hydrogens (tertiary/aromatic N) is 3. The number of carbonyl (C=O) groups excluding carboxylic acids is 1. The summed E-state index contributed by atoms with van der Waals surface area (Å²) >= 11 is 7.29. The fourth-order valence-corrected chi connectivity index (χ4v) is 3.25. The maximum atomic E-state index is 11.5. The van der Waals surface area contributed by atoms with Gasteiger partial charge >= 0.3 is 5.97 Å². The van der Waals surface area contributed by atoms with Gasteiger partial charge in [0.25, 0.3) is 0 Å². The van der Waals surface area contributed by atoms with Crippen LogP contribution >= 0.6 is 23.4 Å². The maximum absolute atomic E-state index is 11.5. The molecule has 5 nitrogen and oxygen atoms in total. The van der Waals surface area contributed by atoms with Crippen molar-refractivity contribution in [1.29, 1.82) is 0 Å². The third-order valence-electron chi connectivity index (χ3n) is 3.54. The van der Waals surface area contributed by atoms with Gasteiger partial charge in [-0.1, -0.05) is 53.7 Å². The quantitative estimate of drug-likeness (QED) is 0.486. The van der Waals surface area contributed by atoms with E-state index in [4.69, 9.17) is 16.3 Å². The van der Waals surface area contributed by atoms with E-state index in [1.54, 1.807) is 0 Å². The molecule has 0 N–H and O–H groups in total. The number of benzene rings is 2. The second-order valence-corrected chi connectivity index (χ2v) is 6.62. The summed E-state index contributed by atoms with van der Waals surface area (Å²) in [6.07, 6.45) is 0.634. The molecule has 0 fully saturated rings. The van der Waals surface area contributed by atoms with E-state index in [-0.39, 0.29) is 11.7 Å². The zero-order valence-electron chi connectivity index (χ0n) is 13.6. The first-order chi connectivity index (χ1) is 12.2. The highest BCUT2D eigenvalue weighted by atomic mass is 35.5. The average molecular weight is 374 g/mol. The van der Waals surface area contributed by atoms with Gasteiger partial charge in [-0.15, -0.1) is 10.2 Å². The molecule has 3 aromatic rings. The molecule has 128 valence electrons. The van der Waals surface area contributed by atoms with Crippen LogP contribution in [0.25, 0.3) is 5.69 Å². The molecule has 0 spiro atoms. The summed E-state index contributed by atoms with van der Waals surface area (Å²) in [5.74, 6) is 0.661. The van der Waals surface area contributed by atoms with Crippen LogP contribution in [0.3, 0.4) is 0 Å². The molecule has 0 saturated heterocycles. The minimum Gasteiger partial charge on any atom is -0.468 e. The third-order valence-corrected chi connectivity index (χ3v) is 4.69. The molecule has 0 radical (unpaired) electrons. The second kappa shape index (κ2) is 8.18. The van der Waals surface area contributed by atoms with E-state index in [0.717, 1.165) is 17.1 Å². The van der Waals surface area contributed by atoms with Gasteiger partial charge in [-0.05, 0) is 29.8 Å². The Morgan fingerprint density at radius 3 is 2.52 bits per heavy atom. The van der Waals surface area contributed by atoms with Crippen molar-refractivity contribution in [3.05, 3.63) is 71.0 Å².